The smallest absolute Gasteiger partial charge is 0.416 e. The number of nitrogens with one attached hydrogen (secondary N) is 3. The molecule has 2 aromatic carbocycles. The molecule has 0 spiro atoms. The van der Waals surface area contributed by atoms with Crippen molar-refractivity contribution in [1.82, 2.24) is 34.8 Å². The molecular formula is C46H52F3N7O8S. The minimum absolute atomic E-state index is 0.0108. The minimum atomic E-state index is -4.63. The van der Waals surface area contributed by atoms with Crippen LogP contribution in [0.2, 0.25) is 0 Å². The Balaban J connectivity index is 1.08. The van der Waals surface area contributed by atoms with E-state index in [0.717, 1.165) is 36.9 Å². The maximum atomic E-state index is 14.9. The molecule has 65 heavy (non-hydrogen) atoms. The second-order valence-electron chi connectivity index (χ2n) is 18.4. The maximum absolute atomic E-state index is 14.9. The number of carbonyl (C=O) groups is 4. The first-order valence-corrected chi connectivity index (χ1v) is 23.9. The van der Waals surface area contributed by atoms with Crippen LogP contribution in [0.25, 0.3) is 33.3 Å². The van der Waals surface area contributed by atoms with Crippen LogP contribution in [0.4, 0.5) is 18.0 Å². The lowest BCUT2D eigenvalue weighted by atomic mass is 10.0. The van der Waals surface area contributed by atoms with Gasteiger partial charge < -0.3 is 29.6 Å². The fraction of sp³-hybridized carbons (Fsp3) is 0.522. The number of sulfonamides is 1. The van der Waals surface area contributed by atoms with Gasteiger partial charge in [0.25, 0.3) is 5.91 Å². The van der Waals surface area contributed by atoms with Crippen molar-refractivity contribution in [2.45, 2.75) is 131 Å². The Bertz CT molecular complexity index is 2700. The van der Waals surface area contributed by atoms with Crippen LogP contribution in [-0.2, 0) is 42.4 Å². The maximum Gasteiger partial charge on any atom is 0.416 e. The number of alkyl carbamates (subject to hydrolysis) is 1. The van der Waals surface area contributed by atoms with Crippen molar-refractivity contribution in [2.75, 3.05) is 6.54 Å². The zero-order chi connectivity index (χ0) is 45.9. The van der Waals surface area contributed by atoms with Crippen molar-refractivity contribution in [1.29, 1.82) is 0 Å². The van der Waals surface area contributed by atoms with Gasteiger partial charge in [0.05, 0.1) is 27.8 Å². The average molecular weight is 920 g/mol. The summed E-state index contributed by atoms with van der Waals surface area (Å²) in [6.45, 7) is 1.37. The highest BCUT2D eigenvalue weighted by molar-refractivity contribution is 7.91. The second kappa shape index (κ2) is 16.9. The summed E-state index contributed by atoms with van der Waals surface area (Å²) in [5, 5.41) is 6.80. The molecule has 5 aliphatic rings. The van der Waals surface area contributed by atoms with E-state index in [4.69, 9.17) is 19.4 Å². The molecule has 2 aromatic heterocycles. The van der Waals surface area contributed by atoms with E-state index in [1.165, 1.54) is 17.0 Å². The number of aryl methyl sites for hydroxylation is 1. The van der Waals surface area contributed by atoms with Gasteiger partial charge in [-0.3, -0.25) is 19.1 Å². The molecule has 3 saturated carbocycles. The van der Waals surface area contributed by atoms with Crippen molar-refractivity contribution in [3.63, 3.8) is 0 Å². The number of alkyl halides is 3. The Hall–Kier alpha value is -5.72. The van der Waals surface area contributed by atoms with Crippen LogP contribution in [0.5, 0.6) is 5.88 Å². The molecule has 15 nitrogen and oxygen atoms in total. The van der Waals surface area contributed by atoms with E-state index >= 15 is 0 Å². The van der Waals surface area contributed by atoms with Crippen LogP contribution < -0.4 is 20.1 Å². The number of nitrogens with zero attached hydrogens (tertiary/aromatic N) is 4. The summed E-state index contributed by atoms with van der Waals surface area (Å²) in [5.74, 6) is -2.73. The van der Waals surface area contributed by atoms with Crippen molar-refractivity contribution in [3.8, 4) is 17.3 Å². The Labute approximate surface area is 373 Å². The third kappa shape index (κ3) is 8.75. The lowest BCUT2D eigenvalue weighted by Crippen LogP contribution is -2.58. The van der Waals surface area contributed by atoms with Gasteiger partial charge in [0.1, 0.15) is 35.5 Å². The van der Waals surface area contributed by atoms with Crippen LogP contribution >= 0.6 is 0 Å². The molecule has 1 saturated heterocycles. The second-order valence-corrected chi connectivity index (χ2v) is 20.6. The highest BCUT2D eigenvalue weighted by Crippen LogP contribution is 2.48. The van der Waals surface area contributed by atoms with Gasteiger partial charge >= 0.3 is 12.3 Å². The lowest BCUT2D eigenvalue weighted by Gasteiger charge is -2.30. The molecule has 4 aromatic rings. The zero-order valence-electron chi connectivity index (χ0n) is 36.2. The number of rotatable bonds is 8. The van der Waals surface area contributed by atoms with E-state index in [1.807, 2.05) is 36.4 Å². The quantitative estimate of drug-likeness (QED) is 0.163. The van der Waals surface area contributed by atoms with E-state index < -0.39 is 80.0 Å². The molecule has 0 unspecified atom stereocenters. The van der Waals surface area contributed by atoms with Gasteiger partial charge in [0, 0.05) is 30.3 Å². The van der Waals surface area contributed by atoms with Gasteiger partial charge in [0.15, 0.2) is 5.82 Å². The van der Waals surface area contributed by atoms with Gasteiger partial charge in [-0.05, 0) is 89.3 Å². The van der Waals surface area contributed by atoms with Crippen LogP contribution in [0, 0.1) is 5.92 Å². The fourth-order valence-electron chi connectivity index (χ4n) is 9.49. The van der Waals surface area contributed by atoms with Crippen LogP contribution in [-0.4, -0.2) is 92.8 Å². The molecule has 9 rings (SSSR count). The van der Waals surface area contributed by atoms with E-state index in [0.29, 0.717) is 61.4 Å². The van der Waals surface area contributed by atoms with Gasteiger partial charge in [-0.15, -0.1) is 0 Å². The predicted molar refractivity (Wildman–Crippen MR) is 233 cm³/mol. The third-order valence-electron chi connectivity index (χ3n) is 13.8. The average Bonchev–Trinajstić information content (AvgIpc) is 3.98. The summed E-state index contributed by atoms with van der Waals surface area (Å²) in [6, 6.07) is 9.61. The van der Waals surface area contributed by atoms with Crippen LogP contribution in [0.1, 0.15) is 96.0 Å². The number of amides is 4. The van der Waals surface area contributed by atoms with E-state index in [9.17, 15) is 40.8 Å². The highest BCUT2D eigenvalue weighted by Gasteiger charge is 2.63. The molecular weight excluding hydrogens is 868 g/mol. The first-order valence-electron chi connectivity index (χ1n) is 22.4. The number of hydrogen-bond acceptors (Lipinski definition) is 10. The summed E-state index contributed by atoms with van der Waals surface area (Å²) in [7, 11) is -2.31. The summed E-state index contributed by atoms with van der Waals surface area (Å²) in [6.07, 6.45) is 4.08. The molecule has 346 valence electrons. The molecule has 5 atom stereocenters. The molecule has 3 N–H and O–H groups in total. The lowest BCUT2D eigenvalue weighted by molar-refractivity contribution is -0.141. The standard InChI is InChI=1S/C46H52F3N7O8S/c1-44(21-22-44)65(61,62)54-42(59)45-25-29(45)14-6-4-3-5-7-19-33(50-43(60)64-30-16-8-9-17-30)41(58)56-26-31(24-35(56)39(57)53-45)63-40-36-32-18-10-11-20-34(32)55(2)38(36)51-37(52-40)27-13-12-15-28(23-27)46(47,48)49/h6,10-15,18,20,23,29-31,33,35H,3-5,7-9,16-17,19,21-22,24-26H2,1-2H3,(H,50,60)(H,53,57)(H,54,59)/t29-,31-,33+,35+,45-/m1/s1. The number of carbonyl (C=O) groups excluding carboxylic acids is 4. The molecule has 19 heteroatoms. The predicted octanol–water partition coefficient (Wildman–Crippen LogP) is 6.59. The Kier molecular flexibility index (Phi) is 11.6. The zero-order valence-corrected chi connectivity index (χ0v) is 37.0. The van der Waals surface area contributed by atoms with Gasteiger partial charge in [0.2, 0.25) is 27.7 Å². The van der Waals surface area contributed by atoms with Crippen molar-refractivity contribution in [2.24, 2.45) is 13.0 Å². The number of halogens is 3. The molecule has 0 bridgehead atoms. The van der Waals surface area contributed by atoms with Crippen molar-refractivity contribution >= 4 is 55.8 Å². The summed E-state index contributed by atoms with van der Waals surface area (Å²) in [4.78, 5) is 67.7. The van der Waals surface area contributed by atoms with Gasteiger partial charge in [-0.1, -0.05) is 55.3 Å². The highest BCUT2D eigenvalue weighted by atomic mass is 32.2. The number of para-hydroxylation sites is 1. The van der Waals surface area contributed by atoms with Gasteiger partial charge in [-0.25, -0.2) is 18.2 Å². The van der Waals surface area contributed by atoms with Crippen LogP contribution in [0.15, 0.2) is 60.7 Å². The van der Waals surface area contributed by atoms with Gasteiger partial charge in [-0.2, -0.15) is 18.2 Å². The number of hydrogen-bond donors (Lipinski definition) is 3. The Morgan fingerprint density at radius 1 is 0.954 bits per heavy atom. The molecule has 4 amide bonds. The Morgan fingerprint density at radius 2 is 1.71 bits per heavy atom. The first kappa shape index (κ1) is 44.5. The number of ether oxygens (including phenoxy) is 2. The number of allylic oxidation sites excluding steroid dienone is 1. The van der Waals surface area contributed by atoms with Crippen molar-refractivity contribution in [3.05, 3.63) is 66.2 Å². The topological polar surface area (TPSA) is 191 Å². The molecule has 0 radical (unpaired) electrons. The largest absolute Gasteiger partial charge is 0.472 e. The molecule has 3 aliphatic carbocycles. The monoisotopic (exact) mass is 919 g/mol. The number of benzene rings is 2. The summed E-state index contributed by atoms with van der Waals surface area (Å²) in [5.41, 5.74) is -1.32. The van der Waals surface area contributed by atoms with Crippen molar-refractivity contribution < 1.29 is 50.2 Å². The summed E-state index contributed by atoms with van der Waals surface area (Å²) < 4.78 is 83.6. The number of aromatic nitrogens is 3. The minimum Gasteiger partial charge on any atom is -0.472 e. The SMILES string of the molecule is Cn1c2ccccc2c2c(O[C@@H]3C[C@H]4C(=O)N[C@]5(C(=O)NS(=O)(=O)C6(C)CC6)C[C@H]5C=CCCCCC[C@H](NC(=O)OC5CCCC5)C(=O)N4C3)nc(-c3cccc(C(F)(F)F)c3)nc21. The number of fused-ring (bicyclic) bond motifs is 5. The van der Waals surface area contributed by atoms with Crippen LogP contribution in [0.3, 0.4) is 0 Å². The van der Waals surface area contributed by atoms with E-state index in [2.05, 4.69) is 15.4 Å². The summed E-state index contributed by atoms with van der Waals surface area (Å²) >= 11 is 0. The van der Waals surface area contributed by atoms with E-state index in [1.54, 1.807) is 18.5 Å². The Morgan fingerprint density at radius 3 is 2.46 bits per heavy atom. The third-order valence-corrected chi connectivity index (χ3v) is 15.9. The normalized spacial score (nSPS) is 26.1. The van der Waals surface area contributed by atoms with E-state index in [-0.39, 0.29) is 49.2 Å². The molecule has 2 aliphatic heterocycles. The first-order chi connectivity index (χ1) is 31.0. The molecule has 4 heterocycles. The molecule has 4 fully saturated rings. The fourth-order valence-corrected chi connectivity index (χ4v) is 10.8.